The summed E-state index contributed by atoms with van der Waals surface area (Å²) in [6, 6.07) is 0.193. The fraction of sp³-hybridized carbons (Fsp3) is 0.846. The number of amides is 2. The minimum atomic E-state index is -0.866. The number of carbonyl (C=O) groups is 2. The van der Waals surface area contributed by atoms with E-state index in [-0.39, 0.29) is 18.6 Å². The normalized spacial score (nSPS) is 25.7. The molecule has 1 saturated heterocycles. The van der Waals surface area contributed by atoms with Gasteiger partial charge in [-0.3, -0.25) is 4.79 Å². The summed E-state index contributed by atoms with van der Waals surface area (Å²) in [6.07, 6.45) is 2.18. The van der Waals surface area contributed by atoms with Crippen molar-refractivity contribution >= 4 is 12.0 Å². The maximum atomic E-state index is 12.3. The highest BCUT2D eigenvalue weighted by Crippen LogP contribution is 2.22. The molecule has 0 aromatic carbocycles. The number of piperidine rings is 1. The largest absolute Gasteiger partial charge is 0.481 e. The molecule has 2 amide bonds. The number of nitrogens with zero attached hydrogens (tertiary/aromatic N) is 2. The number of hydrogen-bond acceptors (Lipinski definition) is 2. The van der Waals surface area contributed by atoms with E-state index in [2.05, 4.69) is 13.8 Å². The summed E-state index contributed by atoms with van der Waals surface area (Å²) in [5.74, 6) is -0.873. The van der Waals surface area contributed by atoms with Crippen molar-refractivity contribution in [1.82, 2.24) is 9.80 Å². The Hall–Kier alpha value is -1.26. The molecule has 3 unspecified atom stereocenters. The maximum absolute atomic E-state index is 12.3. The van der Waals surface area contributed by atoms with E-state index >= 15 is 0 Å². The van der Waals surface area contributed by atoms with Crippen molar-refractivity contribution in [3.63, 3.8) is 0 Å². The Morgan fingerprint density at radius 2 is 2.00 bits per heavy atom. The van der Waals surface area contributed by atoms with E-state index in [4.69, 9.17) is 5.11 Å². The van der Waals surface area contributed by atoms with E-state index in [1.54, 1.807) is 14.0 Å². The molecule has 5 nitrogen and oxygen atoms in total. The second-order valence-corrected chi connectivity index (χ2v) is 5.59. The molecule has 1 rings (SSSR count). The summed E-state index contributed by atoms with van der Waals surface area (Å²) in [7, 11) is 1.67. The van der Waals surface area contributed by atoms with Gasteiger partial charge in [-0.25, -0.2) is 4.79 Å². The van der Waals surface area contributed by atoms with Crippen molar-refractivity contribution < 1.29 is 14.7 Å². The number of carboxylic acids is 1. The first-order valence-electron chi connectivity index (χ1n) is 6.57. The minimum Gasteiger partial charge on any atom is -0.481 e. The predicted molar refractivity (Wildman–Crippen MR) is 69.4 cm³/mol. The molecule has 0 saturated carbocycles. The zero-order valence-electron chi connectivity index (χ0n) is 11.7. The monoisotopic (exact) mass is 256 g/mol. The molecule has 1 N–H and O–H groups in total. The highest BCUT2D eigenvalue weighted by molar-refractivity contribution is 5.76. The van der Waals surface area contributed by atoms with Crippen LogP contribution < -0.4 is 0 Å². The molecule has 1 aliphatic rings. The van der Waals surface area contributed by atoms with E-state index < -0.39 is 11.9 Å². The number of likely N-dealkylation sites (tertiary alicyclic amines) is 1. The summed E-state index contributed by atoms with van der Waals surface area (Å²) in [5.41, 5.74) is 0. The average Bonchev–Trinajstić information content (AvgIpc) is 2.31. The summed E-state index contributed by atoms with van der Waals surface area (Å²) in [5, 5.41) is 8.87. The second-order valence-electron chi connectivity index (χ2n) is 5.59. The number of carbonyl (C=O) groups excluding carboxylic acids is 1. The Balaban J connectivity index is 2.59. The van der Waals surface area contributed by atoms with Gasteiger partial charge in [0.2, 0.25) is 0 Å². The van der Waals surface area contributed by atoms with Gasteiger partial charge in [0.05, 0.1) is 5.92 Å². The van der Waals surface area contributed by atoms with Gasteiger partial charge in [-0.2, -0.15) is 0 Å². The summed E-state index contributed by atoms with van der Waals surface area (Å²) >= 11 is 0. The molecule has 0 aliphatic carbocycles. The third-order valence-corrected chi connectivity index (χ3v) is 3.66. The maximum Gasteiger partial charge on any atom is 0.320 e. The summed E-state index contributed by atoms with van der Waals surface area (Å²) < 4.78 is 0. The molecule has 1 heterocycles. The van der Waals surface area contributed by atoms with Crippen LogP contribution in [0.25, 0.3) is 0 Å². The number of carboxylic acid groups (broad SMARTS) is 1. The molecule has 0 aromatic heterocycles. The van der Waals surface area contributed by atoms with Crippen molar-refractivity contribution in [2.75, 3.05) is 20.1 Å². The van der Waals surface area contributed by atoms with Gasteiger partial charge < -0.3 is 14.9 Å². The standard InChI is InChI=1S/C13H24N2O3/c1-9-5-6-11(3)15(7-9)13(18)14(4)8-10(2)12(16)17/h9-11H,5-8H2,1-4H3,(H,16,17). The Labute approximate surface area is 109 Å². The van der Waals surface area contributed by atoms with Gasteiger partial charge >= 0.3 is 12.0 Å². The molecule has 5 heteroatoms. The third kappa shape index (κ3) is 3.62. The van der Waals surface area contributed by atoms with Gasteiger partial charge in [0, 0.05) is 26.2 Å². The second kappa shape index (κ2) is 6.07. The Bertz CT molecular complexity index is 319. The lowest BCUT2D eigenvalue weighted by molar-refractivity contribution is -0.141. The smallest absolute Gasteiger partial charge is 0.320 e. The van der Waals surface area contributed by atoms with Crippen molar-refractivity contribution in [2.24, 2.45) is 11.8 Å². The molecule has 3 atom stereocenters. The fourth-order valence-electron chi connectivity index (χ4n) is 2.34. The zero-order valence-corrected chi connectivity index (χ0v) is 11.7. The Kier molecular flexibility index (Phi) is 4.99. The molecule has 0 bridgehead atoms. The first kappa shape index (κ1) is 14.8. The van der Waals surface area contributed by atoms with Crippen LogP contribution in [0.4, 0.5) is 4.79 Å². The van der Waals surface area contributed by atoms with Crippen LogP contribution in [0.3, 0.4) is 0 Å². The van der Waals surface area contributed by atoms with Crippen LogP contribution >= 0.6 is 0 Å². The lowest BCUT2D eigenvalue weighted by Gasteiger charge is -2.39. The summed E-state index contributed by atoms with van der Waals surface area (Å²) in [4.78, 5) is 26.5. The van der Waals surface area contributed by atoms with Gasteiger partial charge in [0.1, 0.15) is 0 Å². The van der Waals surface area contributed by atoms with Crippen molar-refractivity contribution in [3.05, 3.63) is 0 Å². The fourth-order valence-corrected chi connectivity index (χ4v) is 2.34. The SMILES string of the molecule is CC1CCC(C)N(C(=O)N(C)CC(C)C(=O)O)C1. The van der Waals surface area contributed by atoms with E-state index in [0.717, 1.165) is 19.4 Å². The molecular weight excluding hydrogens is 232 g/mol. The van der Waals surface area contributed by atoms with Crippen LogP contribution in [0.15, 0.2) is 0 Å². The molecule has 0 radical (unpaired) electrons. The number of rotatable bonds is 3. The molecule has 18 heavy (non-hydrogen) atoms. The van der Waals surface area contributed by atoms with E-state index in [1.807, 2.05) is 4.90 Å². The van der Waals surface area contributed by atoms with Crippen LogP contribution in [0, 0.1) is 11.8 Å². The van der Waals surface area contributed by atoms with Crippen LogP contribution in [-0.2, 0) is 4.79 Å². The van der Waals surface area contributed by atoms with Crippen LogP contribution in [0.2, 0.25) is 0 Å². The average molecular weight is 256 g/mol. The minimum absolute atomic E-state index is 0.0536. The topological polar surface area (TPSA) is 60.9 Å². The van der Waals surface area contributed by atoms with Gasteiger partial charge in [-0.15, -0.1) is 0 Å². The van der Waals surface area contributed by atoms with E-state index in [1.165, 1.54) is 4.90 Å². The third-order valence-electron chi connectivity index (χ3n) is 3.66. The van der Waals surface area contributed by atoms with Gasteiger partial charge in [0.15, 0.2) is 0 Å². The van der Waals surface area contributed by atoms with Crippen molar-refractivity contribution in [3.8, 4) is 0 Å². The molecule has 0 aromatic rings. The molecule has 104 valence electrons. The number of urea groups is 1. The Morgan fingerprint density at radius 3 is 2.56 bits per heavy atom. The molecule has 1 aliphatic heterocycles. The highest BCUT2D eigenvalue weighted by atomic mass is 16.4. The first-order chi connectivity index (χ1) is 8.32. The zero-order chi connectivity index (χ0) is 13.9. The van der Waals surface area contributed by atoms with Gasteiger partial charge in [-0.1, -0.05) is 13.8 Å². The predicted octanol–water partition coefficient (Wildman–Crippen LogP) is 1.88. The van der Waals surface area contributed by atoms with Gasteiger partial charge in [0.25, 0.3) is 0 Å². The first-order valence-corrected chi connectivity index (χ1v) is 6.57. The van der Waals surface area contributed by atoms with Gasteiger partial charge in [-0.05, 0) is 25.7 Å². The quantitative estimate of drug-likeness (QED) is 0.838. The lowest BCUT2D eigenvalue weighted by Crippen LogP contribution is -2.51. The van der Waals surface area contributed by atoms with Crippen molar-refractivity contribution in [2.45, 2.75) is 39.7 Å². The highest BCUT2D eigenvalue weighted by Gasteiger charge is 2.29. The van der Waals surface area contributed by atoms with Crippen molar-refractivity contribution in [1.29, 1.82) is 0 Å². The van der Waals surface area contributed by atoms with E-state index in [9.17, 15) is 9.59 Å². The van der Waals surface area contributed by atoms with Crippen LogP contribution in [0.1, 0.15) is 33.6 Å². The number of aliphatic carboxylic acids is 1. The molecule has 0 spiro atoms. The molecular formula is C13H24N2O3. The van der Waals surface area contributed by atoms with E-state index in [0.29, 0.717) is 5.92 Å². The van der Waals surface area contributed by atoms with Crippen LogP contribution in [0.5, 0.6) is 0 Å². The lowest BCUT2D eigenvalue weighted by atomic mass is 9.95. The van der Waals surface area contributed by atoms with Crippen LogP contribution in [-0.4, -0.2) is 53.1 Å². The number of hydrogen-bond donors (Lipinski definition) is 1. The Morgan fingerprint density at radius 1 is 1.39 bits per heavy atom. The molecule has 1 fully saturated rings. The summed E-state index contributed by atoms with van der Waals surface area (Å²) in [6.45, 7) is 6.84.